The zero-order valence-corrected chi connectivity index (χ0v) is 15.2. The maximum atomic E-state index is 12.7. The number of ether oxygens (including phenoxy) is 1. The summed E-state index contributed by atoms with van der Waals surface area (Å²) in [6, 6.07) is 5.07. The molecule has 132 valence electrons. The SMILES string of the molecule is COc1ccc(CC(=O)N2CC3CC(NS(C)(=O)=O)C2C3)cc1Cl. The van der Waals surface area contributed by atoms with Crippen molar-refractivity contribution in [2.75, 3.05) is 19.9 Å². The van der Waals surface area contributed by atoms with Crippen molar-refractivity contribution in [1.82, 2.24) is 9.62 Å². The number of methoxy groups -OCH3 is 1. The molecule has 1 aliphatic heterocycles. The molecule has 24 heavy (non-hydrogen) atoms. The van der Waals surface area contributed by atoms with Crippen LogP contribution in [0.5, 0.6) is 5.75 Å². The molecule has 3 atom stereocenters. The number of fused-ring (bicyclic) bond motifs is 2. The molecule has 2 aliphatic rings. The van der Waals surface area contributed by atoms with E-state index < -0.39 is 10.0 Å². The second-order valence-corrected chi connectivity index (χ2v) is 8.78. The Morgan fingerprint density at radius 3 is 2.75 bits per heavy atom. The van der Waals surface area contributed by atoms with Gasteiger partial charge in [0.25, 0.3) is 0 Å². The van der Waals surface area contributed by atoms with Crippen LogP contribution in [0.15, 0.2) is 18.2 Å². The molecule has 1 amide bonds. The van der Waals surface area contributed by atoms with Gasteiger partial charge < -0.3 is 9.64 Å². The van der Waals surface area contributed by atoms with Gasteiger partial charge in [0, 0.05) is 18.6 Å². The molecule has 1 saturated heterocycles. The van der Waals surface area contributed by atoms with E-state index in [1.165, 1.54) is 0 Å². The van der Waals surface area contributed by atoms with Gasteiger partial charge in [-0.15, -0.1) is 0 Å². The van der Waals surface area contributed by atoms with E-state index in [2.05, 4.69) is 4.72 Å². The van der Waals surface area contributed by atoms with Crippen LogP contribution >= 0.6 is 11.6 Å². The molecule has 1 heterocycles. The van der Waals surface area contributed by atoms with Gasteiger partial charge in [-0.05, 0) is 36.5 Å². The third kappa shape index (κ3) is 3.68. The summed E-state index contributed by atoms with van der Waals surface area (Å²) in [5, 5.41) is 0.474. The first-order valence-electron chi connectivity index (χ1n) is 7.86. The monoisotopic (exact) mass is 372 g/mol. The minimum atomic E-state index is -3.27. The normalized spacial score (nSPS) is 26.0. The molecular formula is C16H21ClN2O4S. The Morgan fingerprint density at radius 2 is 2.17 bits per heavy atom. The number of hydrogen-bond donors (Lipinski definition) is 1. The van der Waals surface area contributed by atoms with Crippen LogP contribution in [0.3, 0.4) is 0 Å². The lowest BCUT2D eigenvalue weighted by Gasteiger charge is -2.33. The van der Waals surface area contributed by atoms with E-state index in [9.17, 15) is 13.2 Å². The molecule has 1 aliphatic carbocycles. The number of carbonyl (C=O) groups is 1. The van der Waals surface area contributed by atoms with Crippen molar-refractivity contribution >= 4 is 27.5 Å². The second-order valence-electron chi connectivity index (χ2n) is 6.59. The first-order chi connectivity index (χ1) is 11.3. The van der Waals surface area contributed by atoms with Gasteiger partial charge in [-0.1, -0.05) is 17.7 Å². The number of rotatable bonds is 5. The third-order valence-electron chi connectivity index (χ3n) is 4.74. The molecule has 1 N–H and O–H groups in total. The Balaban J connectivity index is 1.68. The van der Waals surface area contributed by atoms with E-state index in [4.69, 9.17) is 16.3 Å². The average molecular weight is 373 g/mol. The van der Waals surface area contributed by atoms with Gasteiger partial charge in [0.1, 0.15) is 5.75 Å². The number of piperidine rings is 1. The minimum Gasteiger partial charge on any atom is -0.495 e. The van der Waals surface area contributed by atoms with Gasteiger partial charge in [0.05, 0.1) is 24.8 Å². The molecule has 3 unspecified atom stereocenters. The largest absolute Gasteiger partial charge is 0.495 e. The van der Waals surface area contributed by atoms with Crippen LogP contribution in [0.1, 0.15) is 18.4 Å². The molecule has 1 aromatic rings. The van der Waals surface area contributed by atoms with Crippen LogP contribution < -0.4 is 9.46 Å². The highest BCUT2D eigenvalue weighted by molar-refractivity contribution is 7.88. The number of sulfonamides is 1. The Bertz CT molecular complexity index is 752. The molecule has 6 nitrogen and oxygen atoms in total. The highest BCUT2D eigenvalue weighted by Gasteiger charge is 2.47. The van der Waals surface area contributed by atoms with Crippen molar-refractivity contribution in [1.29, 1.82) is 0 Å². The summed E-state index contributed by atoms with van der Waals surface area (Å²) in [6.45, 7) is 0.704. The lowest BCUT2D eigenvalue weighted by molar-refractivity contribution is -0.132. The number of amides is 1. The zero-order valence-electron chi connectivity index (χ0n) is 13.7. The van der Waals surface area contributed by atoms with Crippen molar-refractivity contribution in [3.05, 3.63) is 28.8 Å². The van der Waals surface area contributed by atoms with Gasteiger partial charge in [-0.2, -0.15) is 0 Å². The maximum absolute atomic E-state index is 12.7. The topological polar surface area (TPSA) is 75.7 Å². The lowest BCUT2D eigenvalue weighted by Crippen LogP contribution is -2.52. The number of hydrogen-bond acceptors (Lipinski definition) is 4. The van der Waals surface area contributed by atoms with Crippen LogP contribution in [0.4, 0.5) is 0 Å². The number of nitrogens with zero attached hydrogens (tertiary/aromatic N) is 1. The first-order valence-corrected chi connectivity index (χ1v) is 10.1. The predicted molar refractivity (Wildman–Crippen MR) is 91.7 cm³/mol. The molecule has 8 heteroatoms. The highest BCUT2D eigenvalue weighted by atomic mass is 35.5. The maximum Gasteiger partial charge on any atom is 0.227 e. The van der Waals surface area contributed by atoms with E-state index in [0.717, 1.165) is 24.7 Å². The smallest absolute Gasteiger partial charge is 0.227 e. The van der Waals surface area contributed by atoms with E-state index in [0.29, 0.717) is 23.2 Å². The van der Waals surface area contributed by atoms with Gasteiger partial charge in [-0.3, -0.25) is 4.79 Å². The van der Waals surface area contributed by atoms with E-state index >= 15 is 0 Å². The van der Waals surface area contributed by atoms with Gasteiger partial charge in [0.15, 0.2) is 0 Å². The molecular weight excluding hydrogens is 352 g/mol. The fourth-order valence-corrected chi connectivity index (χ4v) is 4.89. The minimum absolute atomic E-state index is 0.00346. The lowest BCUT2D eigenvalue weighted by atomic mass is 10.0. The average Bonchev–Trinajstić information content (AvgIpc) is 3.05. The van der Waals surface area contributed by atoms with Crippen LogP contribution in [0.25, 0.3) is 0 Å². The highest BCUT2D eigenvalue weighted by Crippen LogP contribution is 2.38. The summed E-state index contributed by atoms with van der Waals surface area (Å²) < 4.78 is 30.8. The number of nitrogens with one attached hydrogen (secondary N) is 1. The number of carbonyl (C=O) groups excluding carboxylic acids is 1. The molecule has 1 aromatic carbocycles. The fraction of sp³-hybridized carbons (Fsp3) is 0.562. The van der Waals surface area contributed by atoms with Crippen molar-refractivity contribution in [2.45, 2.75) is 31.3 Å². The Morgan fingerprint density at radius 1 is 1.42 bits per heavy atom. The summed E-state index contributed by atoms with van der Waals surface area (Å²) in [7, 11) is -1.73. The van der Waals surface area contributed by atoms with Crippen LogP contribution in [-0.4, -0.2) is 51.2 Å². The fourth-order valence-electron chi connectivity index (χ4n) is 3.81. The summed E-state index contributed by atoms with van der Waals surface area (Å²) in [4.78, 5) is 14.5. The second kappa shape index (κ2) is 6.54. The number of likely N-dealkylation sites (tertiary alicyclic amines) is 1. The number of halogens is 1. The molecule has 2 bridgehead atoms. The van der Waals surface area contributed by atoms with Gasteiger partial charge in [-0.25, -0.2) is 13.1 Å². The summed E-state index contributed by atoms with van der Waals surface area (Å²) in [5.41, 5.74) is 0.821. The summed E-state index contributed by atoms with van der Waals surface area (Å²) >= 11 is 6.10. The Hall–Kier alpha value is -1.31. The standard InChI is InChI=1S/C16H21ClN2O4S/c1-23-15-4-3-10(5-12(15)17)8-16(20)19-9-11-6-13(14(19)7-11)18-24(2,21)22/h3-5,11,13-14,18H,6-9H2,1-2H3. The van der Waals surface area contributed by atoms with Crippen LogP contribution in [0.2, 0.25) is 5.02 Å². The van der Waals surface area contributed by atoms with Crippen molar-refractivity contribution in [3.8, 4) is 5.75 Å². The van der Waals surface area contributed by atoms with Gasteiger partial charge in [0.2, 0.25) is 15.9 Å². The molecule has 0 aromatic heterocycles. The molecule has 2 fully saturated rings. The van der Waals surface area contributed by atoms with Crippen molar-refractivity contribution in [3.63, 3.8) is 0 Å². The third-order valence-corrected chi connectivity index (χ3v) is 5.77. The summed E-state index contributed by atoms with van der Waals surface area (Å²) in [5.74, 6) is 0.951. The summed E-state index contributed by atoms with van der Waals surface area (Å²) in [6.07, 6.45) is 3.07. The Labute approximate surface area is 147 Å². The molecule has 0 spiro atoms. The Kier molecular flexibility index (Phi) is 4.77. The van der Waals surface area contributed by atoms with Crippen LogP contribution in [0, 0.1) is 5.92 Å². The zero-order chi connectivity index (χ0) is 17.5. The van der Waals surface area contributed by atoms with Crippen LogP contribution in [-0.2, 0) is 21.2 Å². The van der Waals surface area contributed by atoms with Crippen molar-refractivity contribution < 1.29 is 17.9 Å². The van der Waals surface area contributed by atoms with Crippen molar-refractivity contribution in [2.24, 2.45) is 5.92 Å². The van der Waals surface area contributed by atoms with E-state index in [-0.39, 0.29) is 24.4 Å². The number of benzene rings is 1. The van der Waals surface area contributed by atoms with E-state index in [1.807, 2.05) is 11.0 Å². The molecule has 0 radical (unpaired) electrons. The predicted octanol–water partition coefficient (Wildman–Crippen LogP) is 1.43. The molecule has 3 rings (SSSR count). The quantitative estimate of drug-likeness (QED) is 0.848. The van der Waals surface area contributed by atoms with E-state index in [1.54, 1.807) is 19.2 Å². The van der Waals surface area contributed by atoms with Gasteiger partial charge >= 0.3 is 0 Å². The molecule has 1 saturated carbocycles. The first kappa shape index (κ1) is 17.5.